The maximum atomic E-state index is 8.09. The number of aromatic nitrogens is 4. The van der Waals surface area contributed by atoms with Crippen molar-refractivity contribution in [2.75, 3.05) is 24.3 Å². The molecule has 6 rings (SSSR count). The van der Waals surface area contributed by atoms with Gasteiger partial charge in [-0.05, 0) is 87.8 Å². The van der Waals surface area contributed by atoms with Gasteiger partial charge in [0.15, 0.2) is 5.82 Å². The quantitative estimate of drug-likeness (QED) is 0.284. The summed E-state index contributed by atoms with van der Waals surface area (Å²) in [6.07, 6.45) is 13.3. The topological polar surface area (TPSA) is 104 Å². The molecule has 2 saturated heterocycles. The minimum absolute atomic E-state index is 0.0171. The van der Waals surface area contributed by atoms with Crippen LogP contribution in [0.2, 0.25) is 0 Å². The molecule has 1 aliphatic carbocycles. The van der Waals surface area contributed by atoms with Crippen LogP contribution in [0.1, 0.15) is 51.5 Å². The van der Waals surface area contributed by atoms with Gasteiger partial charge in [0.1, 0.15) is 28.8 Å². The van der Waals surface area contributed by atoms with Crippen molar-refractivity contribution in [3.8, 4) is 5.75 Å². The van der Waals surface area contributed by atoms with Crippen molar-refractivity contribution in [2.45, 2.75) is 58.0 Å². The number of hydrogen-bond acceptors (Lipinski definition) is 7. The van der Waals surface area contributed by atoms with Crippen molar-refractivity contribution in [3.05, 3.63) is 71.5 Å². The summed E-state index contributed by atoms with van der Waals surface area (Å²) in [4.78, 5) is 4.64. The summed E-state index contributed by atoms with van der Waals surface area (Å²) < 4.78 is 9.68. The van der Waals surface area contributed by atoms with Crippen LogP contribution in [0.25, 0.3) is 5.52 Å². The molecule has 4 unspecified atom stereocenters. The fraction of sp³-hybridized carbons (Fsp3) is 0.444. The molecule has 5 heterocycles. The zero-order valence-corrected chi connectivity index (χ0v) is 21.5. The zero-order valence-electron chi connectivity index (χ0n) is 21.5. The first-order valence-electron chi connectivity index (χ1n) is 12.8. The van der Waals surface area contributed by atoms with Gasteiger partial charge >= 0.3 is 0 Å². The molecule has 0 amide bonds. The Morgan fingerprint density at radius 1 is 1.31 bits per heavy atom. The third kappa shape index (κ3) is 4.75. The van der Waals surface area contributed by atoms with Crippen molar-refractivity contribution < 1.29 is 4.74 Å². The summed E-state index contributed by atoms with van der Waals surface area (Å²) in [7, 11) is 1.77. The summed E-state index contributed by atoms with van der Waals surface area (Å²) in [5.74, 6) is 3.46. The van der Waals surface area contributed by atoms with E-state index in [2.05, 4.69) is 51.4 Å². The Morgan fingerprint density at radius 3 is 2.83 bits per heavy atom. The van der Waals surface area contributed by atoms with E-state index in [9.17, 15) is 0 Å². The van der Waals surface area contributed by atoms with Gasteiger partial charge in [-0.15, -0.1) is 0 Å². The highest BCUT2D eigenvalue weighted by molar-refractivity contribution is 5.73. The summed E-state index contributed by atoms with van der Waals surface area (Å²) in [5.41, 5.74) is 6.69. The summed E-state index contributed by atoms with van der Waals surface area (Å²) in [5, 5.41) is 19.8. The molecule has 3 aromatic rings. The van der Waals surface area contributed by atoms with Gasteiger partial charge in [-0.25, -0.2) is 9.50 Å². The highest BCUT2D eigenvalue weighted by atomic mass is 16.5. The zero-order chi connectivity index (χ0) is 25.2. The van der Waals surface area contributed by atoms with Crippen LogP contribution < -0.4 is 26.3 Å². The highest BCUT2D eigenvalue weighted by Crippen LogP contribution is 2.43. The molecule has 3 aromatic heterocycles. The molecule has 3 aliphatic rings. The third-order valence-corrected chi connectivity index (χ3v) is 7.46. The van der Waals surface area contributed by atoms with Crippen molar-refractivity contribution in [1.29, 1.82) is 5.41 Å². The maximum Gasteiger partial charge on any atom is 0.154 e. The molecule has 36 heavy (non-hydrogen) atoms. The maximum absolute atomic E-state index is 8.09. The normalized spacial score (nSPS) is 23.1. The standard InChI is InChI=1S/C27H36N8O/c1-5-24(36-21-8-10-34(29-4)25(28)14-21)17(2)12-18(3)33-27-26-22(9-11-35(26)32-16-31-27)23-13-20-7-6-19(23)15-30-20/h5,8-12,14,16,18-20,23,28-30H,6-7,13,15H2,1-4H3,(H,31,32,33)/b17-12-,24-5+,28-25?. The van der Waals surface area contributed by atoms with E-state index < -0.39 is 0 Å². The van der Waals surface area contributed by atoms with Gasteiger partial charge in [0.2, 0.25) is 0 Å². The van der Waals surface area contributed by atoms with Gasteiger partial charge < -0.3 is 20.8 Å². The van der Waals surface area contributed by atoms with Gasteiger partial charge in [0.05, 0.1) is 0 Å². The number of fused-ring (bicyclic) bond motifs is 4. The number of nitrogens with zero attached hydrogens (tertiary/aromatic N) is 4. The molecule has 1 saturated carbocycles. The Bertz CT molecular complexity index is 1350. The Labute approximate surface area is 211 Å². The van der Waals surface area contributed by atoms with E-state index in [0.717, 1.165) is 29.2 Å². The molecule has 4 atom stereocenters. The minimum Gasteiger partial charge on any atom is -0.457 e. The number of hydrogen-bond donors (Lipinski definition) is 4. The first kappa shape index (κ1) is 24.1. The first-order chi connectivity index (χ1) is 17.5. The van der Waals surface area contributed by atoms with Crippen LogP contribution >= 0.6 is 0 Å². The average molecular weight is 489 g/mol. The number of ether oxygens (including phenoxy) is 1. The molecule has 2 bridgehead atoms. The molecule has 0 aromatic carbocycles. The minimum atomic E-state index is 0.0171. The molecule has 4 N–H and O–H groups in total. The van der Waals surface area contributed by atoms with Gasteiger partial charge in [0, 0.05) is 37.6 Å². The van der Waals surface area contributed by atoms with Crippen LogP contribution in [0.4, 0.5) is 5.82 Å². The molecule has 0 spiro atoms. The van der Waals surface area contributed by atoms with Crippen molar-refractivity contribution in [3.63, 3.8) is 0 Å². The summed E-state index contributed by atoms with van der Waals surface area (Å²) >= 11 is 0. The summed E-state index contributed by atoms with van der Waals surface area (Å²) in [6.45, 7) is 7.21. The van der Waals surface area contributed by atoms with Crippen LogP contribution in [0.5, 0.6) is 5.75 Å². The number of rotatable bonds is 8. The number of piperidine rings is 2. The first-order valence-corrected chi connectivity index (χ1v) is 12.8. The van der Waals surface area contributed by atoms with E-state index in [1.165, 1.54) is 24.8 Å². The van der Waals surface area contributed by atoms with Crippen molar-refractivity contribution >= 4 is 11.3 Å². The van der Waals surface area contributed by atoms with Crippen molar-refractivity contribution in [2.24, 2.45) is 5.92 Å². The third-order valence-electron chi connectivity index (χ3n) is 7.46. The number of allylic oxidation sites excluding steroid dienone is 2. The molecule has 9 heteroatoms. The molecule has 190 valence electrons. The Morgan fingerprint density at radius 2 is 2.17 bits per heavy atom. The smallest absolute Gasteiger partial charge is 0.154 e. The Kier molecular flexibility index (Phi) is 6.82. The second-order valence-electron chi connectivity index (χ2n) is 9.84. The lowest BCUT2D eigenvalue weighted by Gasteiger charge is -2.43. The molecule has 0 radical (unpaired) electrons. The molecule has 2 aliphatic heterocycles. The van der Waals surface area contributed by atoms with Crippen LogP contribution in [-0.2, 0) is 0 Å². The van der Waals surface area contributed by atoms with Crippen LogP contribution in [-0.4, -0.2) is 45.0 Å². The lowest BCUT2D eigenvalue weighted by atomic mass is 9.70. The van der Waals surface area contributed by atoms with Gasteiger partial charge in [-0.1, -0.05) is 6.08 Å². The molecule has 3 fully saturated rings. The fourth-order valence-electron chi connectivity index (χ4n) is 5.69. The van der Waals surface area contributed by atoms with Crippen LogP contribution in [0.3, 0.4) is 0 Å². The predicted molar refractivity (Wildman–Crippen MR) is 142 cm³/mol. The SMILES string of the molecule is C/C=C(Oc1ccn(NC)c(=N)c1)\C(C)=C/C(C)Nc1ncnn2ccc(C3CC4CCC3CN4)c12. The second kappa shape index (κ2) is 10.2. The van der Waals surface area contributed by atoms with E-state index in [1.807, 2.05) is 30.5 Å². The van der Waals surface area contributed by atoms with Crippen LogP contribution in [0, 0.1) is 11.3 Å². The number of nitrogens with one attached hydrogen (secondary N) is 4. The van der Waals surface area contributed by atoms with Gasteiger partial charge in [-0.3, -0.25) is 10.1 Å². The van der Waals surface area contributed by atoms with Gasteiger partial charge in [0.25, 0.3) is 0 Å². The fourth-order valence-corrected chi connectivity index (χ4v) is 5.69. The monoisotopic (exact) mass is 488 g/mol. The number of anilines is 1. The van der Waals surface area contributed by atoms with Crippen molar-refractivity contribution in [1.82, 2.24) is 24.6 Å². The average Bonchev–Trinajstić information content (AvgIpc) is 3.33. The predicted octanol–water partition coefficient (Wildman–Crippen LogP) is 3.77. The largest absolute Gasteiger partial charge is 0.457 e. The van der Waals surface area contributed by atoms with E-state index in [4.69, 9.17) is 10.1 Å². The summed E-state index contributed by atoms with van der Waals surface area (Å²) in [6, 6.07) is 6.40. The van der Waals surface area contributed by atoms with E-state index in [1.54, 1.807) is 30.3 Å². The Hall–Kier alpha value is -3.59. The molecular formula is C27H36N8O. The van der Waals surface area contributed by atoms with E-state index in [0.29, 0.717) is 29.1 Å². The lowest BCUT2D eigenvalue weighted by molar-refractivity contribution is 0.181. The highest BCUT2D eigenvalue weighted by Gasteiger charge is 2.37. The second-order valence-corrected chi connectivity index (χ2v) is 9.84. The van der Waals surface area contributed by atoms with Crippen LogP contribution in [0.15, 0.2) is 60.4 Å². The van der Waals surface area contributed by atoms with E-state index in [-0.39, 0.29) is 6.04 Å². The Balaban J connectivity index is 1.35. The van der Waals surface area contributed by atoms with E-state index >= 15 is 0 Å². The molecule has 9 nitrogen and oxygen atoms in total. The lowest BCUT2D eigenvalue weighted by Crippen LogP contribution is -2.48. The van der Waals surface area contributed by atoms with Gasteiger partial charge in [-0.2, -0.15) is 5.10 Å². The number of pyridine rings is 1. The molecular weight excluding hydrogens is 452 g/mol.